The molecule has 1 heterocycles. The quantitative estimate of drug-likeness (QED) is 0.161. The Bertz CT molecular complexity index is 1190. The number of benzene rings is 2. The van der Waals surface area contributed by atoms with Crippen LogP contribution in [0.15, 0.2) is 47.4 Å². The van der Waals surface area contributed by atoms with Crippen LogP contribution in [0.25, 0.3) is 10.9 Å². The Balaban J connectivity index is 1.90. The molecule has 8 heteroatoms. The number of aryl methyl sites for hydroxylation is 3. The second-order valence-corrected chi connectivity index (χ2v) is 8.20. The Morgan fingerprint density at radius 2 is 1.91 bits per heavy atom. The first-order chi connectivity index (χ1) is 15.8. The third kappa shape index (κ3) is 5.91. The summed E-state index contributed by atoms with van der Waals surface area (Å²) in [5.41, 5.74) is 5.22. The van der Waals surface area contributed by atoms with Crippen molar-refractivity contribution in [2.24, 2.45) is 0 Å². The van der Waals surface area contributed by atoms with E-state index in [-0.39, 0.29) is 17.4 Å². The van der Waals surface area contributed by atoms with E-state index in [9.17, 15) is 14.7 Å². The predicted octanol–water partition coefficient (Wildman–Crippen LogP) is 3.80. The van der Waals surface area contributed by atoms with Gasteiger partial charge in [0.1, 0.15) is 5.75 Å². The number of hydroxylamine groups is 1. The highest BCUT2D eigenvalue weighted by Crippen LogP contribution is 2.24. The van der Waals surface area contributed by atoms with Crippen LogP contribution < -0.4 is 21.0 Å². The molecule has 0 aliphatic heterocycles. The van der Waals surface area contributed by atoms with Crippen molar-refractivity contribution >= 4 is 22.5 Å². The second-order valence-electron chi connectivity index (χ2n) is 8.20. The summed E-state index contributed by atoms with van der Waals surface area (Å²) in [6.45, 7) is 4.55. The number of ether oxygens (including phenoxy) is 1. The molecule has 3 rings (SSSR count). The van der Waals surface area contributed by atoms with E-state index in [1.165, 1.54) is 0 Å². The highest BCUT2D eigenvalue weighted by atomic mass is 16.5. The lowest BCUT2D eigenvalue weighted by atomic mass is 10.1. The number of hydrogen-bond acceptors (Lipinski definition) is 6. The van der Waals surface area contributed by atoms with Gasteiger partial charge in [-0.1, -0.05) is 24.1 Å². The number of methoxy groups -OCH3 is 1. The molecule has 0 aliphatic rings. The molecule has 0 radical (unpaired) electrons. The average Bonchev–Trinajstić information content (AvgIpc) is 2.81. The Hall–Kier alpha value is -3.36. The van der Waals surface area contributed by atoms with Crippen LogP contribution in [-0.4, -0.2) is 27.9 Å². The van der Waals surface area contributed by atoms with Crippen molar-refractivity contribution in [1.82, 2.24) is 10.0 Å². The number of nitrogens with zero attached hydrogens (tertiary/aromatic N) is 1. The molecule has 0 spiro atoms. The zero-order valence-electron chi connectivity index (χ0n) is 19.2. The molecule has 176 valence electrons. The van der Waals surface area contributed by atoms with Gasteiger partial charge in [-0.15, -0.1) is 0 Å². The number of hydrogen-bond donors (Lipinski definition) is 4. The fraction of sp³-hybridized carbons (Fsp3) is 0.360. The van der Waals surface area contributed by atoms with Gasteiger partial charge in [-0.05, 0) is 56.5 Å². The Morgan fingerprint density at radius 1 is 1.12 bits per heavy atom. The van der Waals surface area contributed by atoms with Crippen molar-refractivity contribution < 1.29 is 19.8 Å². The maximum absolute atomic E-state index is 13.3. The van der Waals surface area contributed by atoms with Crippen LogP contribution in [0, 0.1) is 13.8 Å². The van der Waals surface area contributed by atoms with Gasteiger partial charge in [-0.3, -0.25) is 14.8 Å². The molecule has 0 saturated carbocycles. The van der Waals surface area contributed by atoms with Crippen molar-refractivity contribution in [2.75, 3.05) is 12.4 Å². The third-order valence-electron chi connectivity index (χ3n) is 5.71. The minimum absolute atomic E-state index is 0.246. The molecule has 4 N–H and O–H groups in total. The molecule has 1 aromatic heterocycles. The summed E-state index contributed by atoms with van der Waals surface area (Å²) >= 11 is 0. The summed E-state index contributed by atoms with van der Waals surface area (Å²) in [7, 11) is 1.54. The summed E-state index contributed by atoms with van der Waals surface area (Å²) < 4.78 is 7.25. The second kappa shape index (κ2) is 11.0. The molecule has 1 unspecified atom stereocenters. The number of pyridine rings is 1. The number of carbonyl (C=O) groups is 1. The Labute approximate surface area is 192 Å². The number of fused-ring (bicyclic) bond motifs is 1. The number of carbonyl (C=O) groups excluding carboxylic acids is 1. The largest absolute Gasteiger partial charge is 0.497 e. The average molecular weight is 454 g/mol. The maximum atomic E-state index is 13.3. The molecular weight excluding hydrogens is 422 g/mol. The van der Waals surface area contributed by atoms with Crippen LogP contribution >= 0.6 is 0 Å². The van der Waals surface area contributed by atoms with Crippen LogP contribution in [0.4, 0.5) is 5.69 Å². The molecule has 0 bridgehead atoms. The van der Waals surface area contributed by atoms with Gasteiger partial charge in [0.05, 0.1) is 18.2 Å². The van der Waals surface area contributed by atoms with E-state index in [2.05, 4.69) is 5.32 Å². The number of amides is 1. The van der Waals surface area contributed by atoms with Crippen LogP contribution in [0.3, 0.4) is 0 Å². The zero-order chi connectivity index (χ0) is 24.0. The fourth-order valence-electron chi connectivity index (χ4n) is 3.91. The van der Waals surface area contributed by atoms with Gasteiger partial charge < -0.3 is 19.7 Å². The van der Waals surface area contributed by atoms with Crippen LogP contribution in [-0.2, 0) is 11.3 Å². The van der Waals surface area contributed by atoms with Crippen LogP contribution in [0.5, 0.6) is 5.75 Å². The molecule has 0 aliphatic carbocycles. The molecule has 8 nitrogen and oxygen atoms in total. The van der Waals surface area contributed by atoms with Gasteiger partial charge in [0.2, 0.25) is 5.91 Å². The fourth-order valence-corrected chi connectivity index (χ4v) is 3.91. The van der Waals surface area contributed by atoms with Crippen LogP contribution in [0.2, 0.25) is 0 Å². The highest BCUT2D eigenvalue weighted by Gasteiger charge is 2.17. The molecule has 0 saturated heterocycles. The summed E-state index contributed by atoms with van der Waals surface area (Å²) in [5.74, 6) is 0.161. The minimum atomic E-state index is -1.19. The molecule has 1 amide bonds. The topological polar surface area (TPSA) is 113 Å². The SMILES string of the molecule is COc1ccc2c(c1)c(=O)c(C(O)Nc1ccc(C)cc1C)cn2CCCCCC(=O)NO. The summed E-state index contributed by atoms with van der Waals surface area (Å²) in [4.78, 5) is 24.4. The number of aliphatic hydroxyl groups excluding tert-OH is 1. The standard InChI is InChI=1S/C25H31N3O5/c1-16-8-10-21(17(2)13-16)26-25(31)20-15-28(12-6-4-5-7-23(29)27-32)22-11-9-18(33-3)14-19(22)24(20)30/h8-11,13-15,25-26,31-32H,4-7,12H2,1-3H3,(H,27,29). The number of aromatic nitrogens is 1. The Kier molecular flexibility index (Phi) is 8.08. The molecule has 2 aromatic carbocycles. The van der Waals surface area contributed by atoms with Crippen molar-refractivity contribution in [3.8, 4) is 5.75 Å². The number of anilines is 1. The first-order valence-electron chi connectivity index (χ1n) is 11.0. The first-order valence-corrected chi connectivity index (χ1v) is 11.0. The van der Waals surface area contributed by atoms with E-state index in [4.69, 9.17) is 9.94 Å². The molecule has 0 fully saturated rings. The number of unbranched alkanes of at least 4 members (excludes halogenated alkanes) is 2. The normalized spacial score (nSPS) is 11.9. The van der Waals surface area contributed by atoms with Gasteiger partial charge in [0.15, 0.2) is 11.7 Å². The van der Waals surface area contributed by atoms with E-state index in [1.807, 2.05) is 42.7 Å². The van der Waals surface area contributed by atoms with Crippen molar-refractivity contribution in [1.29, 1.82) is 0 Å². The van der Waals surface area contributed by atoms with Crippen molar-refractivity contribution in [3.63, 3.8) is 0 Å². The minimum Gasteiger partial charge on any atom is -0.497 e. The van der Waals surface area contributed by atoms with Crippen molar-refractivity contribution in [3.05, 3.63) is 69.5 Å². The van der Waals surface area contributed by atoms with Gasteiger partial charge in [-0.25, -0.2) is 5.48 Å². The number of nitrogens with one attached hydrogen (secondary N) is 2. The highest BCUT2D eigenvalue weighted by molar-refractivity contribution is 5.81. The van der Waals surface area contributed by atoms with E-state index in [1.54, 1.807) is 30.9 Å². The molecular formula is C25H31N3O5. The lowest BCUT2D eigenvalue weighted by Gasteiger charge is -2.19. The lowest BCUT2D eigenvalue weighted by molar-refractivity contribution is -0.129. The van der Waals surface area contributed by atoms with Gasteiger partial charge in [0.25, 0.3) is 0 Å². The smallest absolute Gasteiger partial charge is 0.243 e. The summed E-state index contributed by atoms with van der Waals surface area (Å²) in [6.07, 6.45) is 2.94. The number of aliphatic hydroxyl groups is 1. The molecule has 1 atom stereocenters. The monoisotopic (exact) mass is 453 g/mol. The van der Waals surface area contributed by atoms with Gasteiger partial charge >= 0.3 is 0 Å². The maximum Gasteiger partial charge on any atom is 0.243 e. The third-order valence-corrected chi connectivity index (χ3v) is 5.71. The predicted molar refractivity (Wildman–Crippen MR) is 128 cm³/mol. The van der Waals surface area contributed by atoms with E-state index in [0.717, 1.165) is 35.2 Å². The Morgan fingerprint density at radius 3 is 2.61 bits per heavy atom. The van der Waals surface area contributed by atoms with Crippen molar-refractivity contribution in [2.45, 2.75) is 52.3 Å². The van der Waals surface area contributed by atoms with Gasteiger partial charge in [0, 0.05) is 30.2 Å². The molecule has 3 aromatic rings. The van der Waals surface area contributed by atoms with E-state index in [0.29, 0.717) is 24.1 Å². The van der Waals surface area contributed by atoms with Gasteiger partial charge in [-0.2, -0.15) is 0 Å². The molecule has 33 heavy (non-hydrogen) atoms. The lowest BCUT2D eigenvalue weighted by Crippen LogP contribution is -2.22. The van der Waals surface area contributed by atoms with E-state index >= 15 is 0 Å². The van der Waals surface area contributed by atoms with E-state index < -0.39 is 12.1 Å². The first kappa shape index (κ1) is 24.3. The summed E-state index contributed by atoms with van der Waals surface area (Å²) in [6, 6.07) is 11.2. The summed E-state index contributed by atoms with van der Waals surface area (Å²) in [5, 5.41) is 23.1. The number of rotatable bonds is 10. The van der Waals surface area contributed by atoms with Crippen LogP contribution in [0.1, 0.15) is 48.6 Å². The zero-order valence-corrected chi connectivity index (χ0v) is 19.2.